The van der Waals surface area contributed by atoms with Gasteiger partial charge >= 0.3 is 5.97 Å². The van der Waals surface area contributed by atoms with Crippen LogP contribution in [0.15, 0.2) is 114 Å². The molecule has 206 valence electrons. The van der Waals surface area contributed by atoms with Crippen molar-refractivity contribution in [3.8, 4) is 0 Å². The highest BCUT2D eigenvalue weighted by atomic mass is 35.5. The van der Waals surface area contributed by atoms with Crippen LogP contribution >= 0.6 is 23.4 Å². The van der Waals surface area contributed by atoms with Crippen molar-refractivity contribution >= 4 is 64.5 Å². The third-order valence-electron chi connectivity index (χ3n) is 5.57. The lowest BCUT2D eigenvalue weighted by Crippen LogP contribution is -2.30. The molecular weight excluding hydrogens is 562 g/mol. The lowest BCUT2D eigenvalue weighted by Gasteiger charge is -2.12. The molecule has 0 saturated heterocycles. The van der Waals surface area contributed by atoms with Crippen molar-refractivity contribution in [1.82, 2.24) is 5.32 Å². The number of aromatic carboxylic acids is 1. The van der Waals surface area contributed by atoms with E-state index in [9.17, 15) is 19.2 Å². The Kier molecular flexibility index (Phi) is 9.93. The molecule has 0 radical (unpaired) electrons. The Balaban J connectivity index is 1.42. The second-order valence-electron chi connectivity index (χ2n) is 8.63. The minimum Gasteiger partial charge on any atom is -0.478 e. The van der Waals surface area contributed by atoms with Crippen LogP contribution in [0, 0.1) is 0 Å². The summed E-state index contributed by atoms with van der Waals surface area (Å²) < 4.78 is 0. The first kappa shape index (κ1) is 29.1. The third kappa shape index (κ3) is 8.82. The fraction of sp³-hybridized carbons (Fsp3) is 0.0323. The largest absolute Gasteiger partial charge is 0.478 e. The Labute approximate surface area is 245 Å². The van der Waals surface area contributed by atoms with Crippen LogP contribution in [0.2, 0.25) is 5.02 Å². The number of carbonyl (C=O) groups excluding carboxylic acids is 3. The second kappa shape index (κ2) is 14.0. The maximum atomic E-state index is 13.3. The number of benzene rings is 4. The second-order valence-corrected chi connectivity index (χ2v) is 10.1. The molecule has 4 N–H and O–H groups in total. The van der Waals surface area contributed by atoms with Crippen molar-refractivity contribution < 1.29 is 24.3 Å². The monoisotopic (exact) mass is 585 g/mol. The minimum atomic E-state index is -1.05. The molecule has 8 nitrogen and oxygen atoms in total. The van der Waals surface area contributed by atoms with Gasteiger partial charge in [-0.1, -0.05) is 48.0 Å². The molecule has 0 unspecified atom stereocenters. The average Bonchev–Trinajstić information content (AvgIpc) is 2.96. The molecule has 10 heteroatoms. The molecule has 0 aromatic heterocycles. The van der Waals surface area contributed by atoms with E-state index in [0.717, 1.165) is 4.90 Å². The normalized spacial score (nSPS) is 10.9. The molecular formula is C31H24ClN3O5S. The fourth-order valence-corrected chi connectivity index (χ4v) is 4.56. The zero-order valence-electron chi connectivity index (χ0n) is 21.5. The molecule has 0 saturated carbocycles. The van der Waals surface area contributed by atoms with Crippen LogP contribution in [0.1, 0.15) is 26.3 Å². The standard InChI is InChI=1S/C31H24ClN3O5S/c32-23-9-4-6-20(16-23)17-27(35-29(37)21-7-2-1-3-8-21)30(38)34-25-10-5-11-26(18-25)41-19-28(36)33-24-14-12-22(13-15-24)31(39)40/h1-18H,19H2,(H,33,36)(H,34,38)(H,35,37)(H,39,40)/b27-17-. The van der Waals surface area contributed by atoms with Gasteiger partial charge in [0.15, 0.2) is 0 Å². The molecule has 0 aliphatic heterocycles. The summed E-state index contributed by atoms with van der Waals surface area (Å²) >= 11 is 7.36. The fourth-order valence-electron chi connectivity index (χ4n) is 3.61. The van der Waals surface area contributed by atoms with Crippen molar-refractivity contribution in [3.63, 3.8) is 0 Å². The van der Waals surface area contributed by atoms with E-state index >= 15 is 0 Å². The average molecular weight is 586 g/mol. The number of carbonyl (C=O) groups is 4. The number of thioether (sulfide) groups is 1. The maximum Gasteiger partial charge on any atom is 0.335 e. The summed E-state index contributed by atoms with van der Waals surface area (Å²) in [6.07, 6.45) is 1.54. The molecule has 0 spiro atoms. The lowest BCUT2D eigenvalue weighted by molar-refractivity contribution is -0.114. The van der Waals surface area contributed by atoms with Crippen LogP contribution in [-0.4, -0.2) is 34.6 Å². The summed E-state index contributed by atoms with van der Waals surface area (Å²) in [5.41, 5.74) is 2.12. The molecule has 3 amide bonds. The molecule has 0 fully saturated rings. The first-order valence-corrected chi connectivity index (χ1v) is 13.6. The van der Waals surface area contributed by atoms with E-state index in [4.69, 9.17) is 16.7 Å². The number of amides is 3. The highest BCUT2D eigenvalue weighted by Gasteiger charge is 2.16. The summed E-state index contributed by atoms with van der Waals surface area (Å²) in [6, 6.07) is 28.2. The first-order chi connectivity index (χ1) is 19.8. The summed E-state index contributed by atoms with van der Waals surface area (Å²) in [7, 11) is 0. The van der Waals surface area contributed by atoms with Crippen LogP contribution in [0.5, 0.6) is 0 Å². The first-order valence-electron chi connectivity index (χ1n) is 12.3. The minimum absolute atomic E-state index is 0.0208. The van der Waals surface area contributed by atoms with E-state index in [1.165, 1.54) is 42.1 Å². The van der Waals surface area contributed by atoms with Crippen LogP contribution in [0.4, 0.5) is 11.4 Å². The quantitative estimate of drug-likeness (QED) is 0.130. The number of halogens is 1. The Morgan fingerprint density at radius 2 is 1.49 bits per heavy atom. The predicted octanol–water partition coefficient (Wildman–Crippen LogP) is 6.18. The van der Waals surface area contributed by atoms with Gasteiger partial charge < -0.3 is 21.1 Å². The van der Waals surface area contributed by atoms with Crippen LogP contribution < -0.4 is 16.0 Å². The van der Waals surface area contributed by atoms with Gasteiger partial charge in [-0.3, -0.25) is 14.4 Å². The van der Waals surface area contributed by atoms with Gasteiger partial charge in [0.2, 0.25) is 5.91 Å². The van der Waals surface area contributed by atoms with Gasteiger partial charge in [0.25, 0.3) is 11.8 Å². The van der Waals surface area contributed by atoms with Crippen LogP contribution in [0.3, 0.4) is 0 Å². The maximum absolute atomic E-state index is 13.3. The molecule has 41 heavy (non-hydrogen) atoms. The molecule has 4 rings (SSSR count). The van der Waals surface area contributed by atoms with Gasteiger partial charge in [0, 0.05) is 26.9 Å². The Bertz CT molecular complexity index is 1610. The number of hydrogen-bond donors (Lipinski definition) is 4. The summed E-state index contributed by atoms with van der Waals surface area (Å²) in [4.78, 5) is 50.2. The Morgan fingerprint density at radius 1 is 0.756 bits per heavy atom. The van der Waals surface area contributed by atoms with Crippen molar-refractivity contribution in [2.24, 2.45) is 0 Å². The highest BCUT2D eigenvalue weighted by molar-refractivity contribution is 8.00. The highest BCUT2D eigenvalue weighted by Crippen LogP contribution is 2.23. The van der Waals surface area contributed by atoms with Gasteiger partial charge in [-0.25, -0.2) is 4.79 Å². The Hall–Kier alpha value is -4.86. The van der Waals surface area contributed by atoms with Crippen LogP contribution in [0.25, 0.3) is 6.08 Å². The van der Waals surface area contributed by atoms with Crippen molar-refractivity contribution in [2.45, 2.75) is 4.90 Å². The Morgan fingerprint density at radius 3 is 2.20 bits per heavy atom. The van der Waals surface area contributed by atoms with E-state index in [-0.39, 0.29) is 22.9 Å². The molecule has 0 heterocycles. The van der Waals surface area contributed by atoms with Crippen molar-refractivity contribution in [3.05, 3.63) is 131 Å². The number of carboxylic acids is 1. The SMILES string of the molecule is O=C(CSc1cccc(NC(=O)/C(=C/c2cccc(Cl)c2)NC(=O)c2ccccc2)c1)Nc1ccc(C(=O)O)cc1. The number of carboxylic acid groups (broad SMARTS) is 1. The van der Waals surface area contributed by atoms with E-state index < -0.39 is 17.8 Å². The molecule has 0 bridgehead atoms. The van der Waals surface area contributed by atoms with Gasteiger partial charge in [0.05, 0.1) is 11.3 Å². The smallest absolute Gasteiger partial charge is 0.335 e. The van der Waals surface area contributed by atoms with Crippen LogP contribution in [-0.2, 0) is 9.59 Å². The summed E-state index contributed by atoms with van der Waals surface area (Å²) in [5, 5.41) is 17.7. The molecule has 0 aliphatic carbocycles. The molecule has 0 atom stereocenters. The molecule has 4 aromatic carbocycles. The predicted molar refractivity (Wildman–Crippen MR) is 161 cm³/mol. The summed E-state index contributed by atoms with van der Waals surface area (Å²) in [5.74, 6) is -2.22. The molecule has 4 aromatic rings. The van der Waals surface area contributed by atoms with Gasteiger partial charge in [-0.15, -0.1) is 11.8 Å². The van der Waals surface area contributed by atoms with E-state index in [2.05, 4.69) is 16.0 Å². The zero-order valence-corrected chi connectivity index (χ0v) is 23.0. The summed E-state index contributed by atoms with van der Waals surface area (Å²) in [6.45, 7) is 0. The van der Waals surface area contributed by atoms with E-state index in [1.54, 1.807) is 78.9 Å². The van der Waals surface area contributed by atoms with Gasteiger partial charge in [-0.2, -0.15) is 0 Å². The topological polar surface area (TPSA) is 125 Å². The number of anilines is 2. The van der Waals surface area contributed by atoms with E-state index in [1.807, 2.05) is 0 Å². The van der Waals surface area contributed by atoms with Crippen molar-refractivity contribution in [2.75, 3.05) is 16.4 Å². The molecule has 0 aliphatic rings. The van der Waals surface area contributed by atoms with E-state index in [0.29, 0.717) is 27.5 Å². The number of hydrogen-bond acceptors (Lipinski definition) is 5. The number of rotatable bonds is 10. The van der Waals surface area contributed by atoms with Crippen molar-refractivity contribution in [1.29, 1.82) is 0 Å². The third-order valence-corrected chi connectivity index (χ3v) is 6.79. The zero-order chi connectivity index (χ0) is 29.2. The number of nitrogens with one attached hydrogen (secondary N) is 3. The van der Waals surface area contributed by atoms with Gasteiger partial charge in [-0.05, 0) is 78.4 Å². The lowest BCUT2D eigenvalue weighted by atomic mass is 10.1. The van der Waals surface area contributed by atoms with Gasteiger partial charge in [0.1, 0.15) is 5.70 Å².